The third kappa shape index (κ3) is 2.10. The number of likely N-dealkylation sites (N-methyl/N-ethyl adjacent to an activating group) is 1. The Morgan fingerprint density at radius 2 is 2.11 bits per heavy atom. The van der Waals surface area contributed by atoms with Crippen LogP contribution in [0.15, 0.2) is 16.7 Å². The van der Waals surface area contributed by atoms with Gasteiger partial charge in [-0.05, 0) is 48.3 Å². The summed E-state index contributed by atoms with van der Waals surface area (Å²) in [5, 5.41) is 0. The first-order valence-electron chi connectivity index (χ1n) is 6.53. The van der Waals surface area contributed by atoms with Gasteiger partial charge in [-0.25, -0.2) is 4.98 Å². The number of fused-ring (bicyclic) bond motifs is 2. The number of hydrogen-bond acceptors (Lipinski definition) is 4. The fourth-order valence-electron chi connectivity index (χ4n) is 3.18. The molecule has 0 aromatic carbocycles. The molecular formula is C13H19BrN4. The van der Waals surface area contributed by atoms with Gasteiger partial charge in [0, 0.05) is 25.2 Å². The van der Waals surface area contributed by atoms with Gasteiger partial charge in [-0.15, -0.1) is 0 Å². The molecule has 0 radical (unpaired) electrons. The van der Waals surface area contributed by atoms with E-state index in [0.29, 0.717) is 11.7 Å². The van der Waals surface area contributed by atoms with Crippen LogP contribution >= 0.6 is 15.9 Å². The molecule has 2 saturated heterocycles. The van der Waals surface area contributed by atoms with Crippen LogP contribution in [0.2, 0.25) is 0 Å². The van der Waals surface area contributed by atoms with Crippen molar-refractivity contribution in [3.8, 4) is 0 Å². The zero-order valence-electron chi connectivity index (χ0n) is 10.6. The first-order valence-corrected chi connectivity index (χ1v) is 7.32. The number of rotatable bonds is 1. The summed E-state index contributed by atoms with van der Waals surface area (Å²) >= 11 is 3.58. The molecule has 2 unspecified atom stereocenters. The fraction of sp³-hybridized carbons (Fsp3) is 0.615. The van der Waals surface area contributed by atoms with E-state index in [4.69, 9.17) is 5.73 Å². The molecule has 0 amide bonds. The van der Waals surface area contributed by atoms with E-state index in [-0.39, 0.29) is 0 Å². The quantitative estimate of drug-likeness (QED) is 0.863. The van der Waals surface area contributed by atoms with Crippen LogP contribution in [0.25, 0.3) is 0 Å². The standard InChI is InChI=1S/C13H19BrN4/c1-17-10-2-3-11(17)8-18(5-4-10)13-12(14)6-9(15)7-16-13/h6-7,10-11H,2-5,8,15H2,1H3. The number of nitrogen functional groups attached to an aromatic ring is 1. The highest BCUT2D eigenvalue weighted by molar-refractivity contribution is 9.10. The Morgan fingerprint density at radius 3 is 2.89 bits per heavy atom. The Bertz CT molecular complexity index is 451. The average molecular weight is 311 g/mol. The van der Waals surface area contributed by atoms with E-state index in [1.807, 2.05) is 6.07 Å². The molecule has 2 atom stereocenters. The van der Waals surface area contributed by atoms with Crippen molar-refractivity contribution >= 4 is 27.4 Å². The molecule has 3 heterocycles. The van der Waals surface area contributed by atoms with Gasteiger partial charge in [0.15, 0.2) is 0 Å². The van der Waals surface area contributed by atoms with Crippen molar-refractivity contribution < 1.29 is 0 Å². The molecule has 18 heavy (non-hydrogen) atoms. The second-order valence-corrected chi connectivity index (χ2v) is 6.21. The summed E-state index contributed by atoms with van der Waals surface area (Å²) in [6.07, 6.45) is 5.63. The molecule has 1 aromatic heterocycles. The Kier molecular flexibility index (Phi) is 3.20. The van der Waals surface area contributed by atoms with Crippen molar-refractivity contribution in [2.75, 3.05) is 30.8 Å². The highest BCUT2D eigenvalue weighted by atomic mass is 79.9. The predicted octanol–water partition coefficient (Wildman–Crippen LogP) is 2.10. The van der Waals surface area contributed by atoms with Crippen LogP contribution in [0.4, 0.5) is 11.5 Å². The third-order valence-corrected chi connectivity index (χ3v) is 4.87. The molecule has 2 aliphatic heterocycles. The molecule has 2 fully saturated rings. The number of nitrogens with zero attached hydrogens (tertiary/aromatic N) is 3. The fourth-order valence-corrected chi connectivity index (χ4v) is 3.80. The molecule has 4 nitrogen and oxygen atoms in total. The van der Waals surface area contributed by atoms with Gasteiger partial charge in [0.1, 0.15) is 5.82 Å². The summed E-state index contributed by atoms with van der Waals surface area (Å²) < 4.78 is 1.00. The first kappa shape index (κ1) is 12.2. The lowest BCUT2D eigenvalue weighted by molar-refractivity contribution is 0.254. The first-order chi connectivity index (χ1) is 8.65. The number of pyridine rings is 1. The molecule has 1 aromatic rings. The molecule has 3 rings (SSSR count). The van der Waals surface area contributed by atoms with Gasteiger partial charge < -0.3 is 10.6 Å². The SMILES string of the molecule is CN1C2CCC1CN(c1ncc(N)cc1Br)CC2. The largest absolute Gasteiger partial charge is 0.397 e. The second kappa shape index (κ2) is 4.70. The van der Waals surface area contributed by atoms with Gasteiger partial charge in [-0.3, -0.25) is 4.90 Å². The van der Waals surface area contributed by atoms with Crippen LogP contribution in [0.1, 0.15) is 19.3 Å². The van der Waals surface area contributed by atoms with Gasteiger partial charge >= 0.3 is 0 Å². The highest BCUT2D eigenvalue weighted by Gasteiger charge is 2.35. The maximum atomic E-state index is 5.75. The van der Waals surface area contributed by atoms with E-state index >= 15 is 0 Å². The summed E-state index contributed by atoms with van der Waals surface area (Å²) in [6, 6.07) is 3.37. The summed E-state index contributed by atoms with van der Waals surface area (Å²) in [7, 11) is 2.26. The smallest absolute Gasteiger partial charge is 0.143 e. The summed E-state index contributed by atoms with van der Waals surface area (Å²) in [6.45, 7) is 2.16. The zero-order valence-corrected chi connectivity index (χ0v) is 12.2. The van der Waals surface area contributed by atoms with Crippen molar-refractivity contribution in [3.63, 3.8) is 0 Å². The molecule has 0 spiro atoms. The van der Waals surface area contributed by atoms with Gasteiger partial charge in [0.05, 0.1) is 16.4 Å². The number of nitrogens with two attached hydrogens (primary N) is 1. The maximum Gasteiger partial charge on any atom is 0.143 e. The van der Waals surface area contributed by atoms with E-state index in [1.54, 1.807) is 6.20 Å². The zero-order chi connectivity index (χ0) is 12.7. The summed E-state index contributed by atoms with van der Waals surface area (Å²) in [5.74, 6) is 1.03. The van der Waals surface area contributed by atoms with Crippen molar-refractivity contribution in [3.05, 3.63) is 16.7 Å². The van der Waals surface area contributed by atoms with Crippen LogP contribution in [0, 0.1) is 0 Å². The van der Waals surface area contributed by atoms with Crippen LogP contribution in [-0.2, 0) is 0 Å². The molecule has 5 heteroatoms. The Hall–Kier alpha value is -0.810. The van der Waals surface area contributed by atoms with E-state index in [2.05, 4.69) is 37.8 Å². The minimum Gasteiger partial charge on any atom is -0.397 e. The molecular weight excluding hydrogens is 292 g/mol. The normalized spacial score (nSPS) is 28.4. The van der Waals surface area contributed by atoms with Gasteiger partial charge in [-0.2, -0.15) is 0 Å². The minimum absolute atomic E-state index is 0.670. The van der Waals surface area contributed by atoms with E-state index < -0.39 is 0 Å². The molecule has 2 N–H and O–H groups in total. The second-order valence-electron chi connectivity index (χ2n) is 5.36. The van der Waals surface area contributed by atoms with E-state index in [9.17, 15) is 0 Å². The number of aromatic nitrogens is 1. The van der Waals surface area contributed by atoms with Crippen LogP contribution in [0.3, 0.4) is 0 Å². The number of anilines is 2. The van der Waals surface area contributed by atoms with E-state index in [1.165, 1.54) is 19.3 Å². The van der Waals surface area contributed by atoms with Crippen LogP contribution in [0.5, 0.6) is 0 Å². The molecule has 0 saturated carbocycles. The number of halogens is 1. The van der Waals surface area contributed by atoms with Gasteiger partial charge in [0.25, 0.3) is 0 Å². The molecule has 2 bridgehead atoms. The lowest BCUT2D eigenvalue weighted by Crippen LogP contribution is -2.37. The van der Waals surface area contributed by atoms with Crippen LogP contribution in [-0.4, -0.2) is 42.1 Å². The molecule has 98 valence electrons. The van der Waals surface area contributed by atoms with Crippen LogP contribution < -0.4 is 10.6 Å². The lowest BCUT2D eigenvalue weighted by atomic mass is 10.1. The van der Waals surface area contributed by atoms with Gasteiger partial charge in [0.2, 0.25) is 0 Å². The minimum atomic E-state index is 0.670. The van der Waals surface area contributed by atoms with E-state index in [0.717, 1.165) is 29.4 Å². The van der Waals surface area contributed by atoms with Crippen molar-refractivity contribution in [1.82, 2.24) is 9.88 Å². The summed E-state index contributed by atoms with van der Waals surface area (Å²) in [5.41, 5.74) is 6.46. The third-order valence-electron chi connectivity index (χ3n) is 4.29. The average Bonchev–Trinajstić information content (AvgIpc) is 2.55. The Morgan fingerprint density at radius 1 is 1.33 bits per heavy atom. The summed E-state index contributed by atoms with van der Waals surface area (Å²) in [4.78, 5) is 9.43. The van der Waals surface area contributed by atoms with Crippen molar-refractivity contribution in [2.24, 2.45) is 0 Å². The van der Waals surface area contributed by atoms with Crippen molar-refractivity contribution in [1.29, 1.82) is 0 Å². The topological polar surface area (TPSA) is 45.4 Å². The molecule has 0 aliphatic carbocycles. The predicted molar refractivity (Wildman–Crippen MR) is 77.8 cm³/mol. The maximum absolute atomic E-state index is 5.75. The number of hydrogen-bond donors (Lipinski definition) is 1. The monoisotopic (exact) mass is 310 g/mol. The Balaban J connectivity index is 1.84. The lowest BCUT2D eigenvalue weighted by Gasteiger charge is -2.27. The Labute approximate surface area is 116 Å². The van der Waals surface area contributed by atoms with Crippen molar-refractivity contribution in [2.45, 2.75) is 31.3 Å². The van der Waals surface area contributed by atoms with Gasteiger partial charge in [-0.1, -0.05) is 0 Å². The highest BCUT2D eigenvalue weighted by Crippen LogP contribution is 2.33. The molecule has 2 aliphatic rings.